The summed E-state index contributed by atoms with van der Waals surface area (Å²) in [5.41, 5.74) is 8.45. The maximum absolute atomic E-state index is 12.7. The van der Waals surface area contributed by atoms with Crippen LogP contribution in [0.15, 0.2) is 24.3 Å². The van der Waals surface area contributed by atoms with Crippen LogP contribution in [0.1, 0.15) is 36.8 Å². The van der Waals surface area contributed by atoms with Gasteiger partial charge < -0.3 is 10.6 Å². The number of fused-ring (bicyclic) bond motifs is 3. The van der Waals surface area contributed by atoms with Gasteiger partial charge in [-0.1, -0.05) is 24.3 Å². The second kappa shape index (κ2) is 5.57. The van der Waals surface area contributed by atoms with Crippen molar-refractivity contribution in [2.24, 2.45) is 17.6 Å². The van der Waals surface area contributed by atoms with E-state index in [1.54, 1.807) is 0 Å². The zero-order chi connectivity index (χ0) is 14.1. The molecule has 1 amide bonds. The molecule has 3 unspecified atom stereocenters. The molecule has 0 aliphatic heterocycles. The van der Waals surface area contributed by atoms with Crippen LogP contribution >= 0.6 is 0 Å². The minimum Gasteiger partial charge on any atom is -0.343 e. The molecule has 108 valence electrons. The molecule has 20 heavy (non-hydrogen) atoms. The Bertz CT molecular complexity index is 500. The summed E-state index contributed by atoms with van der Waals surface area (Å²) in [5, 5.41) is 0. The fourth-order valence-corrected chi connectivity index (χ4v) is 3.82. The second-order valence-electron chi connectivity index (χ2n) is 6.01. The Hall–Kier alpha value is -1.35. The van der Waals surface area contributed by atoms with Crippen LogP contribution in [0, 0.1) is 11.8 Å². The van der Waals surface area contributed by atoms with Crippen LogP contribution in [0.25, 0.3) is 0 Å². The lowest BCUT2D eigenvalue weighted by atomic mass is 9.92. The van der Waals surface area contributed by atoms with Crippen LogP contribution in [0.4, 0.5) is 0 Å². The molecule has 3 rings (SSSR count). The molecular weight excluding hydrogens is 248 g/mol. The van der Waals surface area contributed by atoms with E-state index in [0.717, 1.165) is 25.9 Å². The molecule has 3 atom stereocenters. The van der Waals surface area contributed by atoms with Gasteiger partial charge >= 0.3 is 0 Å². The van der Waals surface area contributed by atoms with Gasteiger partial charge in [-0.05, 0) is 55.7 Å². The lowest BCUT2D eigenvalue weighted by molar-refractivity contribution is -0.132. The highest BCUT2D eigenvalue weighted by Crippen LogP contribution is 2.60. The van der Waals surface area contributed by atoms with Crippen LogP contribution in [-0.2, 0) is 11.2 Å². The number of amides is 1. The van der Waals surface area contributed by atoms with E-state index in [1.807, 2.05) is 4.90 Å². The third-order valence-corrected chi connectivity index (χ3v) is 4.94. The zero-order valence-electron chi connectivity index (χ0n) is 12.2. The summed E-state index contributed by atoms with van der Waals surface area (Å²) >= 11 is 0. The summed E-state index contributed by atoms with van der Waals surface area (Å²) in [5.74, 6) is 1.66. The normalized spacial score (nSPS) is 26.6. The van der Waals surface area contributed by atoms with Crippen molar-refractivity contribution >= 4 is 5.91 Å². The van der Waals surface area contributed by atoms with Gasteiger partial charge in [0.05, 0.1) is 0 Å². The molecule has 1 aromatic carbocycles. The lowest BCUT2D eigenvalue weighted by Gasteiger charge is -2.20. The number of rotatable bonds is 5. The number of nitrogens with zero attached hydrogens (tertiary/aromatic N) is 1. The highest BCUT2D eigenvalue weighted by atomic mass is 16.2. The smallest absolute Gasteiger partial charge is 0.226 e. The summed E-state index contributed by atoms with van der Waals surface area (Å²) < 4.78 is 0. The Morgan fingerprint density at radius 1 is 1.40 bits per heavy atom. The third kappa shape index (κ3) is 2.24. The molecule has 2 aliphatic carbocycles. The molecule has 0 saturated heterocycles. The Morgan fingerprint density at radius 3 is 2.95 bits per heavy atom. The first kappa shape index (κ1) is 13.6. The SMILES string of the molecule is CCN(CCCN)C(=O)C1C2CCc3ccccc3C21. The van der Waals surface area contributed by atoms with Gasteiger partial charge in [0.25, 0.3) is 0 Å². The van der Waals surface area contributed by atoms with Crippen molar-refractivity contribution in [2.75, 3.05) is 19.6 Å². The molecule has 0 heterocycles. The van der Waals surface area contributed by atoms with E-state index >= 15 is 0 Å². The Balaban J connectivity index is 1.73. The number of aryl methyl sites for hydroxylation is 1. The van der Waals surface area contributed by atoms with E-state index in [4.69, 9.17) is 5.73 Å². The highest BCUT2D eigenvalue weighted by molar-refractivity contribution is 5.84. The number of benzene rings is 1. The van der Waals surface area contributed by atoms with Crippen molar-refractivity contribution in [3.8, 4) is 0 Å². The van der Waals surface area contributed by atoms with E-state index in [-0.39, 0.29) is 5.92 Å². The van der Waals surface area contributed by atoms with Crippen LogP contribution < -0.4 is 5.73 Å². The van der Waals surface area contributed by atoms with Gasteiger partial charge in [0.2, 0.25) is 5.91 Å². The topological polar surface area (TPSA) is 46.3 Å². The van der Waals surface area contributed by atoms with Gasteiger partial charge in [0, 0.05) is 19.0 Å². The predicted molar refractivity (Wildman–Crippen MR) is 80.4 cm³/mol. The lowest BCUT2D eigenvalue weighted by Crippen LogP contribution is -2.34. The number of hydrogen-bond acceptors (Lipinski definition) is 2. The minimum atomic E-state index is 0.233. The highest BCUT2D eigenvalue weighted by Gasteiger charge is 2.57. The molecule has 2 aliphatic rings. The molecule has 1 saturated carbocycles. The minimum absolute atomic E-state index is 0.233. The first-order chi connectivity index (χ1) is 9.77. The average molecular weight is 272 g/mol. The first-order valence-electron chi connectivity index (χ1n) is 7.84. The Labute approximate surface area is 121 Å². The maximum Gasteiger partial charge on any atom is 0.226 e. The van der Waals surface area contributed by atoms with Crippen LogP contribution in [0.2, 0.25) is 0 Å². The first-order valence-corrected chi connectivity index (χ1v) is 7.84. The molecule has 3 nitrogen and oxygen atoms in total. The fourth-order valence-electron chi connectivity index (χ4n) is 3.82. The molecular formula is C17H24N2O. The van der Waals surface area contributed by atoms with E-state index < -0.39 is 0 Å². The fraction of sp³-hybridized carbons (Fsp3) is 0.588. The number of hydrogen-bond donors (Lipinski definition) is 1. The number of carbonyl (C=O) groups excluding carboxylic acids is 1. The molecule has 2 N–H and O–H groups in total. The summed E-state index contributed by atoms with van der Waals surface area (Å²) in [6.45, 7) is 4.33. The van der Waals surface area contributed by atoms with Gasteiger partial charge in [-0.2, -0.15) is 0 Å². The Morgan fingerprint density at radius 2 is 2.20 bits per heavy atom. The van der Waals surface area contributed by atoms with Crippen LogP contribution in [0.5, 0.6) is 0 Å². The third-order valence-electron chi connectivity index (χ3n) is 4.94. The van der Waals surface area contributed by atoms with Crippen molar-refractivity contribution in [3.63, 3.8) is 0 Å². The molecule has 0 spiro atoms. The van der Waals surface area contributed by atoms with Gasteiger partial charge in [-0.25, -0.2) is 0 Å². The molecule has 0 radical (unpaired) electrons. The number of carbonyl (C=O) groups is 1. The molecule has 1 aromatic rings. The predicted octanol–water partition coefficient (Wildman–Crippen LogP) is 2.16. The summed E-state index contributed by atoms with van der Waals surface area (Å²) in [7, 11) is 0. The average Bonchev–Trinajstić information content (AvgIpc) is 3.22. The summed E-state index contributed by atoms with van der Waals surface area (Å²) in [6, 6.07) is 8.65. The molecule has 3 heteroatoms. The maximum atomic E-state index is 12.7. The largest absolute Gasteiger partial charge is 0.343 e. The standard InChI is InChI=1S/C17H24N2O/c1-2-19(11-5-10-18)17(20)16-14-9-8-12-6-3-4-7-13(12)15(14)16/h3-4,6-7,14-16H,2,5,8-11,18H2,1H3. The monoisotopic (exact) mass is 272 g/mol. The van der Waals surface area contributed by atoms with Crippen LogP contribution in [-0.4, -0.2) is 30.4 Å². The van der Waals surface area contributed by atoms with Crippen molar-refractivity contribution in [3.05, 3.63) is 35.4 Å². The van der Waals surface area contributed by atoms with Crippen LogP contribution in [0.3, 0.4) is 0 Å². The number of nitrogens with two attached hydrogens (primary N) is 1. The van der Waals surface area contributed by atoms with Gasteiger partial charge in [0.1, 0.15) is 0 Å². The van der Waals surface area contributed by atoms with Crippen molar-refractivity contribution < 1.29 is 4.79 Å². The van der Waals surface area contributed by atoms with Gasteiger partial charge in [-0.15, -0.1) is 0 Å². The van der Waals surface area contributed by atoms with Gasteiger partial charge in [-0.3, -0.25) is 4.79 Å². The quantitative estimate of drug-likeness (QED) is 0.893. The summed E-state index contributed by atoms with van der Waals surface area (Å²) in [6.07, 6.45) is 3.21. The van der Waals surface area contributed by atoms with E-state index in [9.17, 15) is 4.79 Å². The second-order valence-corrected chi connectivity index (χ2v) is 6.01. The van der Waals surface area contributed by atoms with Crippen molar-refractivity contribution in [1.82, 2.24) is 4.90 Å². The van der Waals surface area contributed by atoms with E-state index in [0.29, 0.717) is 24.3 Å². The van der Waals surface area contributed by atoms with Gasteiger partial charge in [0.15, 0.2) is 0 Å². The van der Waals surface area contributed by atoms with E-state index in [1.165, 1.54) is 17.5 Å². The zero-order valence-corrected chi connectivity index (χ0v) is 12.2. The Kier molecular flexibility index (Phi) is 3.79. The molecule has 1 fully saturated rings. The molecule has 0 bridgehead atoms. The van der Waals surface area contributed by atoms with E-state index in [2.05, 4.69) is 31.2 Å². The van der Waals surface area contributed by atoms with Crippen molar-refractivity contribution in [1.29, 1.82) is 0 Å². The molecule has 0 aromatic heterocycles. The summed E-state index contributed by atoms with van der Waals surface area (Å²) in [4.78, 5) is 14.7. The van der Waals surface area contributed by atoms with Crippen molar-refractivity contribution in [2.45, 2.75) is 32.1 Å².